The molecule has 0 aliphatic carbocycles. The van der Waals surface area contributed by atoms with Crippen LogP contribution in [0.15, 0.2) is 24.5 Å². The molecule has 1 aromatic rings. The van der Waals surface area contributed by atoms with Crippen LogP contribution in [0.5, 0.6) is 0 Å². The zero-order valence-corrected chi connectivity index (χ0v) is 11.9. The third-order valence-corrected chi connectivity index (χ3v) is 4.37. The normalized spacial score (nSPS) is 19.1. The van der Waals surface area contributed by atoms with E-state index in [9.17, 15) is 4.79 Å². The first kappa shape index (κ1) is 14.3. The molecule has 0 bridgehead atoms. The van der Waals surface area contributed by atoms with E-state index in [1.54, 1.807) is 12.4 Å². The zero-order valence-electron chi connectivity index (χ0n) is 11.1. The lowest BCUT2D eigenvalue weighted by Gasteiger charge is -2.22. The number of carbonyl (C=O) groups excluding carboxylic acids is 1. The number of thioether (sulfide) groups is 1. The van der Waals surface area contributed by atoms with Crippen molar-refractivity contribution < 1.29 is 4.79 Å². The predicted octanol–water partition coefficient (Wildman–Crippen LogP) is 1.57. The number of hydrogen-bond donors (Lipinski definition) is 2. The third kappa shape index (κ3) is 5.61. The Bertz CT molecular complexity index is 380. The van der Waals surface area contributed by atoms with Crippen molar-refractivity contribution in [1.29, 1.82) is 0 Å². The first-order valence-corrected chi connectivity index (χ1v) is 7.97. The van der Waals surface area contributed by atoms with Gasteiger partial charge in [0.25, 0.3) is 0 Å². The molecule has 1 amide bonds. The molecule has 4 nitrogen and oxygen atoms in total. The predicted molar refractivity (Wildman–Crippen MR) is 79.1 cm³/mol. The number of rotatable bonds is 6. The average Bonchev–Trinajstić information content (AvgIpc) is 2.47. The highest BCUT2D eigenvalue weighted by molar-refractivity contribution is 7.99. The summed E-state index contributed by atoms with van der Waals surface area (Å²) in [5, 5.41) is 6.37. The fourth-order valence-electron chi connectivity index (χ4n) is 2.08. The molecule has 104 valence electrons. The highest BCUT2D eigenvalue weighted by Gasteiger charge is 2.12. The molecule has 0 radical (unpaired) electrons. The van der Waals surface area contributed by atoms with E-state index in [-0.39, 0.29) is 5.91 Å². The van der Waals surface area contributed by atoms with E-state index in [4.69, 9.17) is 0 Å². The molecule has 1 unspecified atom stereocenters. The van der Waals surface area contributed by atoms with Crippen LogP contribution in [-0.4, -0.2) is 35.0 Å². The first-order chi connectivity index (χ1) is 9.34. The van der Waals surface area contributed by atoms with Gasteiger partial charge in [0.05, 0.1) is 0 Å². The van der Waals surface area contributed by atoms with Crippen molar-refractivity contribution in [3.05, 3.63) is 30.1 Å². The second-order valence-corrected chi connectivity index (χ2v) is 5.91. The van der Waals surface area contributed by atoms with Crippen molar-refractivity contribution in [2.24, 2.45) is 0 Å². The molecular formula is C14H21N3OS. The van der Waals surface area contributed by atoms with Gasteiger partial charge in [0, 0.05) is 43.7 Å². The van der Waals surface area contributed by atoms with E-state index in [1.165, 1.54) is 24.3 Å². The summed E-state index contributed by atoms with van der Waals surface area (Å²) in [4.78, 5) is 15.7. The van der Waals surface area contributed by atoms with Crippen LogP contribution >= 0.6 is 11.8 Å². The molecule has 1 aliphatic heterocycles. The topological polar surface area (TPSA) is 54.0 Å². The van der Waals surface area contributed by atoms with Gasteiger partial charge in [-0.25, -0.2) is 0 Å². The lowest BCUT2D eigenvalue weighted by atomic mass is 10.2. The SMILES string of the molecule is O=C(CCNC1CCCSC1)NCc1cccnc1. The van der Waals surface area contributed by atoms with Crippen LogP contribution < -0.4 is 10.6 Å². The number of pyridine rings is 1. The third-order valence-electron chi connectivity index (χ3n) is 3.16. The monoisotopic (exact) mass is 279 g/mol. The summed E-state index contributed by atoms with van der Waals surface area (Å²) in [6, 6.07) is 4.43. The van der Waals surface area contributed by atoms with Crippen LogP contribution in [0.4, 0.5) is 0 Å². The van der Waals surface area contributed by atoms with Gasteiger partial charge in [-0.15, -0.1) is 0 Å². The standard InChI is InChI=1S/C14H21N3OS/c18-14(17-10-12-3-1-6-15-9-12)5-7-16-13-4-2-8-19-11-13/h1,3,6,9,13,16H,2,4-5,7-8,10-11H2,(H,17,18). The molecule has 1 aliphatic rings. The lowest BCUT2D eigenvalue weighted by Crippen LogP contribution is -2.36. The maximum atomic E-state index is 11.7. The van der Waals surface area contributed by atoms with Crippen molar-refractivity contribution in [3.8, 4) is 0 Å². The second-order valence-electron chi connectivity index (χ2n) is 4.76. The largest absolute Gasteiger partial charge is 0.352 e. The summed E-state index contributed by atoms with van der Waals surface area (Å²) in [6.07, 6.45) is 6.58. The Hall–Kier alpha value is -1.07. The molecule has 2 N–H and O–H groups in total. The number of hydrogen-bond acceptors (Lipinski definition) is 4. The molecule has 2 rings (SSSR count). The minimum absolute atomic E-state index is 0.0971. The Labute approximate surface area is 118 Å². The Balaban J connectivity index is 1.57. The molecule has 1 saturated heterocycles. The molecule has 0 aromatic carbocycles. The van der Waals surface area contributed by atoms with E-state index >= 15 is 0 Å². The molecule has 2 heterocycles. The van der Waals surface area contributed by atoms with Crippen molar-refractivity contribution in [2.75, 3.05) is 18.1 Å². The minimum atomic E-state index is 0.0971. The van der Waals surface area contributed by atoms with Crippen LogP contribution in [0, 0.1) is 0 Å². The van der Waals surface area contributed by atoms with Crippen molar-refractivity contribution in [2.45, 2.75) is 31.8 Å². The van der Waals surface area contributed by atoms with Crippen LogP contribution in [0.25, 0.3) is 0 Å². The van der Waals surface area contributed by atoms with E-state index < -0.39 is 0 Å². The van der Waals surface area contributed by atoms with Crippen LogP contribution in [0.3, 0.4) is 0 Å². The molecule has 0 saturated carbocycles. The Morgan fingerprint density at radius 3 is 3.21 bits per heavy atom. The van der Waals surface area contributed by atoms with Crippen molar-refractivity contribution >= 4 is 17.7 Å². The summed E-state index contributed by atoms with van der Waals surface area (Å²) in [5.74, 6) is 2.56. The molecule has 1 atom stereocenters. The Kier molecular flexibility index (Phi) is 6.17. The molecular weight excluding hydrogens is 258 g/mol. The molecule has 5 heteroatoms. The van der Waals surface area contributed by atoms with Crippen LogP contribution in [-0.2, 0) is 11.3 Å². The number of aromatic nitrogens is 1. The smallest absolute Gasteiger partial charge is 0.221 e. The molecule has 19 heavy (non-hydrogen) atoms. The van der Waals surface area contributed by atoms with E-state index in [1.807, 2.05) is 23.9 Å². The molecule has 1 fully saturated rings. The van der Waals surface area contributed by atoms with E-state index in [0.29, 0.717) is 19.0 Å². The maximum absolute atomic E-state index is 11.7. The maximum Gasteiger partial charge on any atom is 0.221 e. The Morgan fingerprint density at radius 2 is 2.47 bits per heavy atom. The second kappa shape index (κ2) is 8.17. The highest BCUT2D eigenvalue weighted by atomic mass is 32.2. The van der Waals surface area contributed by atoms with Gasteiger partial charge >= 0.3 is 0 Å². The van der Waals surface area contributed by atoms with Gasteiger partial charge in [-0.2, -0.15) is 11.8 Å². The number of amides is 1. The summed E-state index contributed by atoms with van der Waals surface area (Å²) in [7, 11) is 0. The molecule has 1 aromatic heterocycles. The number of nitrogens with zero attached hydrogens (tertiary/aromatic N) is 1. The zero-order chi connectivity index (χ0) is 13.3. The number of nitrogens with one attached hydrogen (secondary N) is 2. The average molecular weight is 279 g/mol. The van der Waals surface area contributed by atoms with Gasteiger partial charge in [0.1, 0.15) is 0 Å². The van der Waals surface area contributed by atoms with Gasteiger partial charge in [-0.3, -0.25) is 9.78 Å². The fourth-order valence-corrected chi connectivity index (χ4v) is 3.19. The van der Waals surface area contributed by atoms with Crippen molar-refractivity contribution in [3.63, 3.8) is 0 Å². The first-order valence-electron chi connectivity index (χ1n) is 6.81. The van der Waals surface area contributed by atoms with E-state index in [2.05, 4.69) is 15.6 Å². The van der Waals surface area contributed by atoms with Gasteiger partial charge in [0.2, 0.25) is 5.91 Å². The van der Waals surface area contributed by atoms with Crippen LogP contribution in [0.2, 0.25) is 0 Å². The van der Waals surface area contributed by atoms with Crippen molar-refractivity contribution in [1.82, 2.24) is 15.6 Å². The fraction of sp³-hybridized carbons (Fsp3) is 0.571. The van der Waals surface area contributed by atoms with Gasteiger partial charge in [0.15, 0.2) is 0 Å². The highest BCUT2D eigenvalue weighted by Crippen LogP contribution is 2.16. The van der Waals surface area contributed by atoms with Crippen LogP contribution in [0.1, 0.15) is 24.8 Å². The summed E-state index contributed by atoms with van der Waals surface area (Å²) in [6.45, 7) is 1.33. The molecule has 0 spiro atoms. The minimum Gasteiger partial charge on any atom is -0.352 e. The quantitative estimate of drug-likeness (QED) is 0.830. The lowest BCUT2D eigenvalue weighted by molar-refractivity contribution is -0.121. The van der Waals surface area contributed by atoms with Gasteiger partial charge < -0.3 is 10.6 Å². The summed E-state index contributed by atoms with van der Waals surface area (Å²) < 4.78 is 0. The van der Waals surface area contributed by atoms with Gasteiger partial charge in [-0.1, -0.05) is 6.07 Å². The summed E-state index contributed by atoms with van der Waals surface area (Å²) in [5.41, 5.74) is 1.03. The number of carbonyl (C=O) groups is 1. The van der Waals surface area contributed by atoms with E-state index in [0.717, 1.165) is 12.1 Å². The Morgan fingerprint density at radius 1 is 1.53 bits per heavy atom. The van der Waals surface area contributed by atoms with Gasteiger partial charge in [-0.05, 0) is 30.2 Å². The summed E-state index contributed by atoms with van der Waals surface area (Å²) >= 11 is 2.00.